The molecule has 0 saturated carbocycles. The van der Waals surface area contributed by atoms with E-state index in [1.54, 1.807) is 18.4 Å². The maximum atomic E-state index is 10.5. The molecule has 0 spiro atoms. The van der Waals surface area contributed by atoms with E-state index in [1.807, 2.05) is 0 Å². The number of nitro groups is 1. The van der Waals surface area contributed by atoms with E-state index in [0.29, 0.717) is 10.4 Å². The number of alkyl halides is 1. The lowest BCUT2D eigenvalue weighted by Gasteiger charge is -2.04. The molecule has 0 bridgehead atoms. The van der Waals surface area contributed by atoms with E-state index in [1.165, 1.54) is 0 Å². The predicted molar refractivity (Wildman–Crippen MR) is 51.9 cm³/mol. The highest BCUT2D eigenvalue weighted by Crippen LogP contribution is 2.29. The zero-order valence-corrected chi connectivity index (χ0v) is 9.33. The molecule has 1 atom stereocenters. The van der Waals surface area contributed by atoms with Crippen LogP contribution in [0.1, 0.15) is 18.2 Å². The van der Waals surface area contributed by atoms with Gasteiger partial charge in [0.1, 0.15) is 5.50 Å². The number of rotatable bonds is 2. The Morgan fingerprint density at radius 1 is 1.77 bits per heavy atom. The van der Waals surface area contributed by atoms with Crippen LogP contribution in [0, 0.1) is 17.0 Å². The van der Waals surface area contributed by atoms with Crippen molar-refractivity contribution in [3.63, 3.8) is 0 Å². The molecule has 0 saturated heterocycles. The van der Waals surface area contributed by atoms with Gasteiger partial charge < -0.3 is 10.1 Å². The normalized spacial score (nSPS) is 12.9. The standard InChI is InChI=1S/C6H7BrClN3O2/c1-3(8)10-4(2)9-6(5(10)7)11(12)13/h3H,1-2H3. The Morgan fingerprint density at radius 2 is 2.31 bits per heavy atom. The molecule has 5 nitrogen and oxygen atoms in total. The molecule has 0 aromatic carbocycles. The van der Waals surface area contributed by atoms with Crippen LogP contribution in [-0.4, -0.2) is 14.5 Å². The van der Waals surface area contributed by atoms with E-state index in [0.717, 1.165) is 0 Å². The molecule has 0 amide bonds. The third-order valence-corrected chi connectivity index (χ3v) is 2.47. The number of hydrogen-bond donors (Lipinski definition) is 0. The summed E-state index contributed by atoms with van der Waals surface area (Å²) in [6.45, 7) is 3.38. The molecule has 0 aliphatic heterocycles. The second-order valence-corrected chi connectivity index (χ2v) is 3.86. The second-order valence-electron chi connectivity index (χ2n) is 2.47. The summed E-state index contributed by atoms with van der Waals surface area (Å²) < 4.78 is 1.84. The molecule has 0 radical (unpaired) electrons. The van der Waals surface area contributed by atoms with Crippen molar-refractivity contribution >= 4 is 33.3 Å². The van der Waals surface area contributed by atoms with Crippen molar-refractivity contribution in [3.05, 3.63) is 20.5 Å². The smallest absolute Gasteiger partial charge is 0.358 e. The first-order valence-corrected chi connectivity index (χ1v) is 4.71. The van der Waals surface area contributed by atoms with Gasteiger partial charge in [0.2, 0.25) is 5.82 Å². The van der Waals surface area contributed by atoms with Crippen LogP contribution >= 0.6 is 27.5 Å². The van der Waals surface area contributed by atoms with Crippen LogP contribution in [0.4, 0.5) is 5.82 Å². The maximum Gasteiger partial charge on any atom is 0.396 e. The lowest BCUT2D eigenvalue weighted by molar-refractivity contribution is -0.390. The van der Waals surface area contributed by atoms with Crippen molar-refractivity contribution in [1.29, 1.82) is 0 Å². The van der Waals surface area contributed by atoms with Crippen LogP contribution in [0.25, 0.3) is 0 Å². The molecule has 72 valence electrons. The molecular formula is C6H7BrClN3O2. The number of aromatic nitrogens is 2. The molecule has 7 heteroatoms. The SMILES string of the molecule is Cc1nc([N+](=O)[O-])c(Br)n1C(C)Cl. The Hall–Kier alpha value is -0.620. The quantitative estimate of drug-likeness (QED) is 0.470. The van der Waals surface area contributed by atoms with Crippen LogP contribution in [0.5, 0.6) is 0 Å². The lowest BCUT2D eigenvalue weighted by Crippen LogP contribution is -2.00. The van der Waals surface area contributed by atoms with Gasteiger partial charge >= 0.3 is 5.82 Å². The van der Waals surface area contributed by atoms with Crippen LogP contribution in [0.2, 0.25) is 0 Å². The average molecular weight is 268 g/mol. The number of hydrogen-bond acceptors (Lipinski definition) is 3. The number of imidazole rings is 1. The highest BCUT2D eigenvalue weighted by atomic mass is 79.9. The van der Waals surface area contributed by atoms with Gasteiger partial charge in [-0.15, -0.1) is 0 Å². The molecule has 1 heterocycles. The van der Waals surface area contributed by atoms with E-state index < -0.39 is 4.92 Å². The molecule has 0 fully saturated rings. The van der Waals surface area contributed by atoms with Gasteiger partial charge in [0, 0.05) is 6.92 Å². The van der Waals surface area contributed by atoms with E-state index >= 15 is 0 Å². The highest BCUT2D eigenvalue weighted by molar-refractivity contribution is 9.10. The fraction of sp³-hybridized carbons (Fsp3) is 0.500. The summed E-state index contributed by atoms with van der Waals surface area (Å²) >= 11 is 8.88. The minimum atomic E-state index is -0.549. The van der Waals surface area contributed by atoms with Crippen molar-refractivity contribution in [1.82, 2.24) is 9.55 Å². The monoisotopic (exact) mass is 267 g/mol. The largest absolute Gasteiger partial charge is 0.396 e. The number of aryl methyl sites for hydroxylation is 1. The molecule has 1 aromatic rings. The minimum absolute atomic E-state index is 0.204. The summed E-state index contributed by atoms with van der Waals surface area (Å²) in [7, 11) is 0. The molecule has 0 N–H and O–H groups in total. The van der Waals surface area contributed by atoms with Crippen molar-refractivity contribution in [3.8, 4) is 0 Å². The van der Waals surface area contributed by atoms with Gasteiger partial charge in [0.25, 0.3) is 0 Å². The van der Waals surface area contributed by atoms with Crippen LogP contribution in [0.15, 0.2) is 4.60 Å². The Balaban J connectivity index is 3.30. The fourth-order valence-electron chi connectivity index (χ4n) is 1.03. The number of nitrogens with zero attached hydrogens (tertiary/aromatic N) is 3. The van der Waals surface area contributed by atoms with Crippen molar-refractivity contribution in [2.45, 2.75) is 19.3 Å². The minimum Gasteiger partial charge on any atom is -0.358 e. The second kappa shape index (κ2) is 3.63. The molecule has 0 aliphatic carbocycles. The van der Waals surface area contributed by atoms with Crippen LogP contribution in [0.3, 0.4) is 0 Å². The van der Waals surface area contributed by atoms with E-state index in [9.17, 15) is 10.1 Å². The Kier molecular flexibility index (Phi) is 2.92. The first-order chi connectivity index (χ1) is 5.95. The van der Waals surface area contributed by atoms with Crippen molar-refractivity contribution in [2.75, 3.05) is 0 Å². The summed E-state index contributed by atoms with van der Waals surface area (Å²) in [6, 6.07) is 0. The number of halogens is 2. The van der Waals surface area contributed by atoms with Gasteiger partial charge in [-0.05, 0) is 32.8 Å². The van der Waals surface area contributed by atoms with E-state index in [2.05, 4.69) is 20.9 Å². The predicted octanol–water partition coefficient (Wildman–Crippen LogP) is 2.62. The van der Waals surface area contributed by atoms with Gasteiger partial charge in [-0.1, -0.05) is 11.6 Å². The topological polar surface area (TPSA) is 61.0 Å². The molecule has 1 unspecified atom stereocenters. The Bertz CT molecular complexity index is 350. The van der Waals surface area contributed by atoms with Crippen LogP contribution in [-0.2, 0) is 0 Å². The summed E-state index contributed by atoms with van der Waals surface area (Å²) in [5, 5.41) is 10.5. The zero-order chi connectivity index (χ0) is 10.2. The van der Waals surface area contributed by atoms with Gasteiger partial charge in [0.05, 0.1) is 0 Å². The average Bonchev–Trinajstić information content (AvgIpc) is 2.26. The fourth-order valence-corrected chi connectivity index (χ4v) is 2.19. The molecular weight excluding hydrogens is 261 g/mol. The molecule has 1 rings (SSSR count). The molecule has 1 aromatic heterocycles. The van der Waals surface area contributed by atoms with Gasteiger partial charge in [-0.25, -0.2) is 0 Å². The Labute approximate surface area is 88.0 Å². The van der Waals surface area contributed by atoms with Gasteiger partial charge in [-0.2, -0.15) is 0 Å². The third kappa shape index (κ3) is 1.83. The highest BCUT2D eigenvalue weighted by Gasteiger charge is 2.24. The first kappa shape index (κ1) is 10.5. The summed E-state index contributed by atoms with van der Waals surface area (Å²) in [6.07, 6.45) is 0. The van der Waals surface area contributed by atoms with Gasteiger partial charge in [-0.3, -0.25) is 4.57 Å². The van der Waals surface area contributed by atoms with Gasteiger partial charge in [0.15, 0.2) is 4.60 Å². The van der Waals surface area contributed by atoms with E-state index in [-0.39, 0.29) is 11.3 Å². The van der Waals surface area contributed by atoms with Crippen molar-refractivity contribution in [2.24, 2.45) is 0 Å². The summed E-state index contributed by atoms with van der Waals surface area (Å²) in [5.74, 6) is 0.311. The van der Waals surface area contributed by atoms with Crippen LogP contribution < -0.4 is 0 Å². The molecule has 13 heavy (non-hydrogen) atoms. The third-order valence-electron chi connectivity index (χ3n) is 1.54. The first-order valence-electron chi connectivity index (χ1n) is 3.48. The zero-order valence-electron chi connectivity index (χ0n) is 6.99. The Morgan fingerprint density at radius 3 is 2.54 bits per heavy atom. The summed E-state index contributed by atoms with van der Waals surface area (Å²) in [4.78, 5) is 13.7. The maximum absolute atomic E-state index is 10.5. The summed E-state index contributed by atoms with van der Waals surface area (Å²) in [5.41, 5.74) is -0.365. The molecule has 0 aliphatic rings. The lowest BCUT2D eigenvalue weighted by atomic mass is 10.6. The van der Waals surface area contributed by atoms with E-state index in [4.69, 9.17) is 11.6 Å². The van der Waals surface area contributed by atoms with Crippen molar-refractivity contribution < 1.29 is 4.92 Å².